The van der Waals surface area contributed by atoms with Crippen molar-refractivity contribution in [2.75, 3.05) is 16.4 Å². The third-order valence-electron chi connectivity index (χ3n) is 5.16. The van der Waals surface area contributed by atoms with Crippen molar-refractivity contribution < 1.29 is 26.5 Å². The molecule has 2 aliphatic heterocycles. The number of amidine groups is 1. The molecule has 32 heavy (non-hydrogen) atoms. The lowest BCUT2D eigenvalue weighted by atomic mass is 10.1. The second-order valence-corrected chi connectivity index (χ2v) is 10.9. The summed E-state index contributed by atoms with van der Waals surface area (Å²) in [5.74, 6) is -0.0994. The van der Waals surface area contributed by atoms with E-state index in [2.05, 4.69) is 4.99 Å². The van der Waals surface area contributed by atoms with E-state index in [1.165, 1.54) is 28.8 Å². The van der Waals surface area contributed by atoms with E-state index in [1.54, 1.807) is 12.1 Å². The van der Waals surface area contributed by atoms with Crippen LogP contribution in [-0.4, -0.2) is 42.1 Å². The first-order chi connectivity index (χ1) is 14.9. The molecule has 0 aliphatic carbocycles. The lowest BCUT2D eigenvalue weighted by Gasteiger charge is -2.28. The number of rotatable bonds is 4. The largest absolute Gasteiger partial charge is 0.416 e. The number of aliphatic imine (C=N–C) groups is 1. The maximum Gasteiger partial charge on any atom is 0.416 e. The second kappa shape index (κ2) is 8.23. The van der Waals surface area contributed by atoms with Crippen molar-refractivity contribution in [3.63, 3.8) is 0 Å². The van der Waals surface area contributed by atoms with Crippen molar-refractivity contribution in [1.29, 1.82) is 0 Å². The fourth-order valence-corrected chi connectivity index (χ4v) is 6.77. The molecule has 13 heteroatoms. The molecule has 170 valence electrons. The van der Waals surface area contributed by atoms with Crippen LogP contribution in [0.15, 0.2) is 47.5 Å². The minimum Gasteiger partial charge on any atom is -0.313 e. The number of benzene rings is 2. The normalized spacial score (nSPS) is 22.0. The van der Waals surface area contributed by atoms with Gasteiger partial charge in [-0.2, -0.15) is 13.2 Å². The molecule has 0 N–H and O–H groups in total. The van der Waals surface area contributed by atoms with Gasteiger partial charge in [-0.1, -0.05) is 35.5 Å². The highest BCUT2D eigenvalue weighted by Crippen LogP contribution is 2.41. The van der Waals surface area contributed by atoms with Gasteiger partial charge in [0.15, 0.2) is 15.0 Å². The monoisotopic (exact) mass is 505 g/mol. The third-order valence-corrected chi connectivity index (χ3v) is 8.21. The molecule has 1 saturated heterocycles. The maximum atomic E-state index is 13.3. The molecule has 0 bridgehead atoms. The van der Waals surface area contributed by atoms with Gasteiger partial charge in [0, 0.05) is 17.9 Å². The summed E-state index contributed by atoms with van der Waals surface area (Å²) in [6.45, 7) is 0. The number of sulfone groups is 1. The predicted molar refractivity (Wildman–Crippen MR) is 117 cm³/mol. The van der Waals surface area contributed by atoms with Crippen LogP contribution in [0.5, 0.6) is 0 Å². The number of hydrogen-bond donors (Lipinski definition) is 0. The Morgan fingerprint density at radius 2 is 1.88 bits per heavy atom. The summed E-state index contributed by atoms with van der Waals surface area (Å²) >= 11 is 7.44. The Labute approximate surface area is 190 Å². The van der Waals surface area contributed by atoms with Crippen LogP contribution in [0.3, 0.4) is 0 Å². The van der Waals surface area contributed by atoms with Crippen LogP contribution in [0, 0.1) is 10.1 Å². The van der Waals surface area contributed by atoms with Crippen LogP contribution >= 0.6 is 23.4 Å². The van der Waals surface area contributed by atoms with Gasteiger partial charge in [0.1, 0.15) is 0 Å². The highest BCUT2D eigenvalue weighted by molar-refractivity contribution is 8.13. The predicted octanol–water partition coefficient (Wildman–Crippen LogP) is 4.54. The highest BCUT2D eigenvalue weighted by atomic mass is 35.5. The van der Waals surface area contributed by atoms with Crippen LogP contribution in [0.4, 0.5) is 24.5 Å². The molecule has 0 amide bonds. The van der Waals surface area contributed by atoms with Crippen molar-refractivity contribution in [3.05, 3.63) is 68.7 Å². The first-order valence-corrected chi connectivity index (χ1v) is 12.4. The first kappa shape index (κ1) is 22.9. The molecule has 0 spiro atoms. The van der Waals surface area contributed by atoms with Crippen LogP contribution in [0.2, 0.25) is 5.02 Å². The van der Waals surface area contributed by atoms with Crippen molar-refractivity contribution in [1.82, 2.24) is 0 Å². The summed E-state index contributed by atoms with van der Waals surface area (Å²) in [6.07, 6.45) is -4.59. The lowest BCUT2D eigenvalue weighted by molar-refractivity contribution is -0.384. The Hall–Kier alpha value is -2.31. The number of alkyl halides is 3. The summed E-state index contributed by atoms with van der Waals surface area (Å²) in [7, 11) is -3.39. The minimum absolute atomic E-state index is 0.0426. The number of halogens is 4. The molecule has 0 aromatic heterocycles. The van der Waals surface area contributed by atoms with Gasteiger partial charge in [-0.15, -0.1) is 0 Å². The standard InChI is InChI=1S/C19H15ClF3N3O4S2/c20-14-6-3-12(19(21,22)23)7-16(14)25-17-10-32(29,30)9-15(17)24-18(25)31-8-11-1-4-13(5-2-11)26(27)28/h1-7,15,17H,8-10H2/t15-,17+/m1/s1. The summed E-state index contributed by atoms with van der Waals surface area (Å²) < 4.78 is 64.1. The number of fused-ring (bicyclic) bond motifs is 1. The van der Waals surface area contributed by atoms with Crippen LogP contribution in [-0.2, 0) is 21.8 Å². The van der Waals surface area contributed by atoms with Gasteiger partial charge in [-0.05, 0) is 23.8 Å². The molecule has 0 saturated carbocycles. The molecule has 2 aliphatic rings. The minimum atomic E-state index is -4.59. The Balaban J connectivity index is 1.66. The zero-order valence-electron chi connectivity index (χ0n) is 16.1. The van der Waals surface area contributed by atoms with E-state index in [4.69, 9.17) is 11.6 Å². The van der Waals surface area contributed by atoms with Gasteiger partial charge >= 0.3 is 6.18 Å². The van der Waals surface area contributed by atoms with Crippen LogP contribution in [0.1, 0.15) is 11.1 Å². The quantitative estimate of drug-likeness (QED) is 0.447. The summed E-state index contributed by atoms with van der Waals surface area (Å²) in [5.41, 5.74) is -0.181. The number of non-ortho nitro benzene ring substituents is 1. The van der Waals surface area contributed by atoms with E-state index in [1.807, 2.05) is 0 Å². The zero-order valence-corrected chi connectivity index (χ0v) is 18.5. The smallest absolute Gasteiger partial charge is 0.313 e. The molecule has 0 unspecified atom stereocenters. The third kappa shape index (κ3) is 4.57. The number of thioether (sulfide) groups is 1. The Morgan fingerprint density at radius 1 is 1.19 bits per heavy atom. The average molecular weight is 506 g/mol. The fraction of sp³-hybridized carbons (Fsp3) is 0.316. The van der Waals surface area contributed by atoms with E-state index in [0.29, 0.717) is 10.9 Å². The number of nitrogens with zero attached hydrogens (tertiary/aromatic N) is 3. The summed E-state index contributed by atoms with van der Waals surface area (Å²) in [4.78, 5) is 16.2. The highest BCUT2D eigenvalue weighted by Gasteiger charge is 2.48. The molecular formula is C19H15ClF3N3O4S2. The number of anilines is 1. The van der Waals surface area contributed by atoms with Crippen molar-refractivity contribution in [2.24, 2.45) is 4.99 Å². The molecule has 2 aromatic rings. The fourth-order valence-electron chi connectivity index (χ4n) is 3.65. The lowest BCUT2D eigenvalue weighted by Crippen LogP contribution is -2.39. The van der Waals surface area contributed by atoms with Gasteiger partial charge in [-0.3, -0.25) is 15.1 Å². The maximum absolute atomic E-state index is 13.3. The molecule has 0 radical (unpaired) electrons. The Morgan fingerprint density at radius 3 is 2.50 bits per heavy atom. The zero-order chi connectivity index (χ0) is 23.3. The van der Waals surface area contributed by atoms with E-state index in [-0.39, 0.29) is 27.9 Å². The van der Waals surface area contributed by atoms with Gasteiger partial charge < -0.3 is 4.90 Å². The van der Waals surface area contributed by atoms with E-state index in [0.717, 1.165) is 23.8 Å². The first-order valence-electron chi connectivity index (χ1n) is 9.25. The average Bonchev–Trinajstić information content (AvgIpc) is 3.17. The second-order valence-electron chi connectivity index (χ2n) is 7.37. The SMILES string of the molecule is O=[N+]([O-])c1ccc(CSC2=N[C@@H]3CS(=O)(=O)C[C@@H]3N2c2cc(C(F)(F)F)ccc2Cl)cc1. The Kier molecular flexibility index (Phi) is 5.88. The molecule has 2 heterocycles. The van der Waals surface area contributed by atoms with E-state index < -0.39 is 38.6 Å². The summed E-state index contributed by atoms with van der Waals surface area (Å²) in [6, 6.07) is 7.51. The number of nitro groups is 1. The van der Waals surface area contributed by atoms with Crippen LogP contribution in [0.25, 0.3) is 0 Å². The Bertz CT molecular complexity index is 1200. The molecular weight excluding hydrogens is 491 g/mol. The molecule has 4 rings (SSSR count). The van der Waals surface area contributed by atoms with E-state index >= 15 is 0 Å². The number of nitro benzene ring substituents is 1. The van der Waals surface area contributed by atoms with Crippen LogP contribution < -0.4 is 4.90 Å². The molecule has 2 atom stereocenters. The van der Waals surface area contributed by atoms with Gasteiger partial charge in [-0.25, -0.2) is 8.42 Å². The number of hydrogen-bond acceptors (Lipinski definition) is 7. The molecule has 1 fully saturated rings. The van der Waals surface area contributed by atoms with Gasteiger partial charge in [0.25, 0.3) is 5.69 Å². The van der Waals surface area contributed by atoms with Gasteiger partial charge in [0.05, 0.1) is 44.8 Å². The van der Waals surface area contributed by atoms with Crippen molar-refractivity contribution >= 4 is 49.7 Å². The molecule has 2 aromatic carbocycles. The van der Waals surface area contributed by atoms with Crippen molar-refractivity contribution in [2.45, 2.75) is 24.0 Å². The topological polar surface area (TPSA) is 92.9 Å². The van der Waals surface area contributed by atoms with Crippen molar-refractivity contribution in [3.8, 4) is 0 Å². The van der Waals surface area contributed by atoms with E-state index in [9.17, 15) is 31.7 Å². The summed E-state index contributed by atoms with van der Waals surface area (Å²) in [5, 5.41) is 11.2. The molecule has 7 nitrogen and oxygen atoms in total. The van der Waals surface area contributed by atoms with Gasteiger partial charge in [0.2, 0.25) is 0 Å².